The smallest absolute Gasteiger partial charge is 0.162 e. The number of furan rings is 1. The van der Waals surface area contributed by atoms with Gasteiger partial charge in [0.25, 0.3) is 0 Å². The number of aromatic nitrogens is 1. The second-order valence-electron chi connectivity index (χ2n) is 9.69. The molecule has 0 amide bonds. The molecule has 1 atom stereocenters. The van der Waals surface area contributed by atoms with Gasteiger partial charge in [-0.3, -0.25) is 4.40 Å². The first-order valence-corrected chi connectivity index (χ1v) is 12.3. The highest BCUT2D eigenvalue weighted by Crippen LogP contribution is 2.49. The number of allylic oxidation sites excluding steroid dienone is 2. The number of rotatable bonds is 1. The summed E-state index contributed by atoms with van der Waals surface area (Å²) in [5.41, 5.74) is 8.68. The van der Waals surface area contributed by atoms with Crippen molar-refractivity contribution in [3.8, 4) is 11.1 Å². The Balaban J connectivity index is 1.48. The maximum Gasteiger partial charge on any atom is 0.162 e. The minimum atomic E-state index is 0.0853. The SMILES string of the molecule is C1=CC2=Nc3c(c4cc(-c5ccccc5)cc5c6cc7c(cc6n3c45)oc3ccccc37)NC2C=C1. The van der Waals surface area contributed by atoms with E-state index in [9.17, 15) is 0 Å². The Kier molecular flexibility index (Phi) is 3.30. The number of benzene rings is 4. The molecule has 4 heterocycles. The first kappa shape index (κ1) is 18.5. The van der Waals surface area contributed by atoms with Crippen molar-refractivity contribution >= 4 is 66.3 Å². The Bertz CT molecular complexity index is 2120. The summed E-state index contributed by atoms with van der Waals surface area (Å²) in [6.45, 7) is 0. The monoisotopic (exact) mass is 461 g/mol. The first-order valence-electron chi connectivity index (χ1n) is 12.3. The Morgan fingerprint density at radius 2 is 1.58 bits per heavy atom. The summed E-state index contributed by atoms with van der Waals surface area (Å²) in [5, 5.41) is 9.72. The lowest BCUT2D eigenvalue weighted by molar-refractivity contribution is 0.669. The van der Waals surface area contributed by atoms with Crippen molar-refractivity contribution in [2.75, 3.05) is 5.32 Å². The van der Waals surface area contributed by atoms with E-state index in [1.807, 2.05) is 12.1 Å². The van der Waals surface area contributed by atoms with E-state index in [2.05, 4.69) is 101 Å². The fraction of sp³-hybridized carbons (Fsp3) is 0.0312. The zero-order valence-electron chi connectivity index (χ0n) is 19.2. The largest absolute Gasteiger partial charge is 0.456 e. The Labute approximate surface area is 205 Å². The molecule has 1 N–H and O–H groups in total. The third-order valence-electron chi connectivity index (χ3n) is 7.71. The number of hydrogen-bond donors (Lipinski definition) is 1. The van der Waals surface area contributed by atoms with Gasteiger partial charge in [-0.05, 0) is 41.5 Å². The zero-order valence-corrected chi connectivity index (χ0v) is 19.2. The van der Waals surface area contributed by atoms with E-state index in [1.54, 1.807) is 0 Å². The molecule has 0 radical (unpaired) electrons. The topological polar surface area (TPSA) is 41.9 Å². The predicted octanol–water partition coefficient (Wildman–Crippen LogP) is 8.24. The van der Waals surface area contributed by atoms with Crippen LogP contribution in [0.15, 0.2) is 113 Å². The summed E-state index contributed by atoms with van der Waals surface area (Å²) in [4.78, 5) is 5.18. The van der Waals surface area contributed by atoms with E-state index in [4.69, 9.17) is 9.41 Å². The quantitative estimate of drug-likeness (QED) is 0.267. The van der Waals surface area contributed by atoms with Crippen LogP contribution in [0.2, 0.25) is 0 Å². The van der Waals surface area contributed by atoms with Crippen molar-refractivity contribution in [2.24, 2.45) is 4.99 Å². The van der Waals surface area contributed by atoms with Gasteiger partial charge in [0, 0.05) is 33.0 Å². The average Bonchev–Trinajstić information content (AvgIpc) is 3.56. The summed E-state index contributed by atoms with van der Waals surface area (Å²) in [6, 6.07) is 28.1. The molecule has 0 saturated carbocycles. The van der Waals surface area contributed by atoms with Crippen LogP contribution < -0.4 is 5.32 Å². The standard InChI is InChI=1S/C32H19N3O/c1-2-8-18(9-3-1)19-14-23-21-16-22-20-10-4-7-13-28(20)36-29(22)17-27(21)35-31(23)24(15-19)30-32(35)34-26-12-6-5-11-25(26)33-30/h1-17,25,33H. The number of fused-ring (bicyclic) bond motifs is 10. The lowest BCUT2D eigenvalue weighted by Gasteiger charge is -2.23. The van der Waals surface area contributed by atoms with Crippen molar-refractivity contribution < 1.29 is 4.42 Å². The molecule has 7 aromatic rings. The number of hydrogen-bond acceptors (Lipinski definition) is 3. The lowest BCUT2D eigenvalue weighted by atomic mass is 9.98. The van der Waals surface area contributed by atoms with Crippen LogP contribution >= 0.6 is 0 Å². The molecule has 3 aromatic heterocycles. The molecular formula is C32H19N3O. The summed E-state index contributed by atoms with van der Waals surface area (Å²) in [6.07, 6.45) is 8.41. The fourth-order valence-corrected chi connectivity index (χ4v) is 6.09. The molecule has 0 saturated heterocycles. The minimum Gasteiger partial charge on any atom is -0.456 e. The van der Waals surface area contributed by atoms with Gasteiger partial charge in [0.1, 0.15) is 11.2 Å². The van der Waals surface area contributed by atoms with Crippen LogP contribution in [0.25, 0.3) is 60.3 Å². The highest BCUT2D eigenvalue weighted by molar-refractivity contribution is 6.25. The molecule has 36 heavy (non-hydrogen) atoms. The Hall–Kier alpha value is -4.83. The molecule has 0 bridgehead atoms. The van der Waals surface area contributed by atoms with Gasteiger partial charge in [-0.15, -0.1) is 0 Å². The fourth-order valence-electron chi connectivity index (χ4n) is 6.09. The van der Waals surface area contributed by atoms with Crippen molar-refractivity contribution in [1.29, 1.82) is 0 Å². The molecule has 4 aromatic carbocycles. The van der Waals surface area contributed by atoms with E-state index in [0.717, 1.165) is 44.7 Å². The third kappa shape index (κ3) is 2.26. The normalized spacial score (nSPS) is 16.8. The highest BCUT2D eigenvalue weighted by atomic mass is 16.3. The van der Waals surface area contributed by atoms with Crippen LogP contribution in [-0.2, 0) is 0 Å². The lowest BCUT2D eigenvalue weighted by Crippen LogP contribution is -2.29. The number of aliphatic imine (C=N–C) groups is 1. The molecule has 0 fully saturated rings. The number of para-hydroxylation sites is 1. The molecule has 2 aliphatic rings. The number of nitrogens with one attached hydrogen (secondary N) is 1. The van der Waals surface area contributed by atoms with Crippen LogP contribution in [-0.4, -0.2) is 16.2 Å². The van der Waals surface area contributed by atoms with E-state index in [1.165, 1.54) is 32.8 Å². The molecule has 4 heteroatoms. The molecule has 0 spiro atoms. The van der Waals surface area contributed by atoms with Crippen LogP contribution in [0.5, 0.6) is 0 Å². The predicted molar refractivity (Wildman–Crippen MR) is 149 cm³/mol. The van der Waals surface area contributed by atoms with Gasteiger partial charge < -0.3 is 9.73 Å². The van der Waals surface area contributed by atoms with Gasteiger partial charge in [0.15, 0.2) is 5.82 Å². The highest BCUT2D eigenvalue weighted by Gasteiger charge is 2.29. The second-order valence-corrected chi connectivity index (χ2v) is 9.69. The molecular weight excluding hydrogens is 442 g/mol. The molecule has 1 aliphatic carbocycles. The number of nitrogens with zero attached hydrogens (tertiary/aromatic N) is 2. The molecule has 168 valence electrons. The van der Waals surface area contributed by atoms with Gasteiger partial charge in [0.05, 0.1) is 28.5 Å². The zero-order chi connectivity index (χ0) is 23.4. The molecule has 1 aliphatic heterocycles. The van der Waals surface area contributed by atoms with Gasteiger partial charge >= 0.3 is 0 Å². The molecule has 1 unspecified atom stereocenters. The summed E-state index contributed by atoms with van der Waals surface area (Å²) >= 11 is 0. The maximum absolute atomic E-state index is 6.29. The third-order valence-corrected chi connectivity index (χ3v) is 7.71. The minimum absolute atomic E-state index is 0.0853. The van der Waals surface area contributed by atoms with Gasteiger partial charge in [-0.25, -0.2) is 4.99 Å². The van der Waals surface area contributed by atoms with Crippen LogP contribution in [0.4, 0.5) is 11.5 Å². The van der Waals surface area contributed by atoms with Crippen LogP contribution in [0, 0.1) is 0 Å². The second kappa shape index (κ2) is 6.43. The van der Waals surface area contributed by atoms with Gasteiger partial charge in [-0.2, -0.15) is 0 Å². The van der Waals surface area contributed by atoms with Crippen LogP contribution in [0.3, 0.4) is 0 Å². The van der Waals surface area contributed by atoms with Crippen molar-refractivity contribution in [3.05, 3.63) is 103 Å². The van der Waals surface area contributed by atoms with Crippen molar-refractivity contribution in [3.63, 3.8) is 0 Å². The van der Waals surface area contributed by atoms with Crippen LogP contribution in [0.1, 0.15) is 0 Å². The summed E-state index contributed by atoms with van der Waals surface area (Å²) in [5.74, 6) is 0.955. The Morgan fingerprint density at radius 1 is 0.722 bits per heavy atom. The Morgan fingerprint density at radius 3 is 2.53 bits per heavy atom. The molecule has 9 rings (SSSR count). The van der Waals surface area contributed by atoms with E-state index >= 15 is 0 Å². The average molecular weight is 462 g/mol. The van der Waals surface area contributed by atoms with E-state index < -0.39 is 0 Å². The van der Waals surface area contributed by atoms with Gasteiger partial charge in [0.2, 0.25) is 0 Å². The first-order chi connectivity index (χ1) is 17.8. The van der Waals surface area contributed by atoms with E-state index in [-0.39, 0.29) is 6.04 Å². The maximum atomic E-state index is 6.29. The molecule has 4 nitrogen and oxygen atoms in total. The number of anilines is 1. The van der Waals surface area contributed by atoms with E-state index in [0.29, 0.717) is 0 Å². The summed E-state index contributed by atoms with van der Waals surface area (Å²) in [7, 11) is 0. The summed E-state index contributed by atoms with van der Waals surface area (Å²) < 4.78 is 8.61. The van der Waals surface area contributed by atoms with Crippen molar-refractivity contribution in [2.45, 2.75) is 6.04 Å². The van der Waals surface area contributed by atoms with Crippen molar-refractivity contribution in [1.82, 2.24) is 4.40 Å². The van der Waals surface area contributed by atoms with Gasteiger partial charge in [-0.1, -0.05) is 66.8 Å².